The Hall–Kier alpha value is -3.57. The number of aryl methyl sites for hydroxylation is 2. The predicted octanol–water partition coefficient (Wildman–Crippen LogP) is 4.75. The molecule has 1 N–H and O–H groups in total. The number of aromatic carboxylic acids is 1. The molecule has 0 saturated heterocycles. The van der Waals surface area contributed by atoms with E-state index in [0.29, 0.717) is 19.6 Å². The summed E-state index contributed by atoms with van der Waals surface area (Å²) < 4.78 is 7.58. The highest BCUT2D eigenvalue weighted by Crippen LogP contribution is 2.28. The zero-order valence-corrected chi connectivity index (χ0v) is 20.2. The smallest absolute Gasteiger partial charge is 0.119 e. The number of nitrogens with one attached hydrogen (secondary N) is 1. The van der Waals surface area contributed by atoms with Crippen LogP contribution in [0.15, 0.2) is 66.7 Å². The van der Waals surface area contributed by atoms with E-state index in [1.807, 2.05) is 99.0 Å². The van der Waals surface area contributed by atoms with Crippen LogP contribution >= 0.6 is 0 Å². The molecule has 4 rings (SSSR count). The third-order valence-electron chi connectivity index (χ3n) is 5.91. The highest BCUT2D eigenvalue weighted by molar-refractivity contribution is 5.97. The van der Waals surface area contributed by atoms with Crippen LogP contribution in [0.4, 0.5) is 0 Å². The standard InChI is InChI=1S/C29H32N2O3/c1-19(2)34-24-12-10-22(11-13-24)16-30-17-26-25-14-7-21(4)15-27(25)31(28(26)29(32)33)18-23-8-5-20(3)6-9-23/h5-15,19,30H,16-18H2,1-4H3,(H,32,33)/p-1. The second kappa shape index (κ2) is 10.1. The number of nitrogens with zero attached hydrogens (tertiary/aromatic N) is 1. The number of ether oxygens (including phenoxy) is 1. The van der Waals surface area contributed by atoms with Gasteiger partial charge in [0.05, 0.1) is 17.8 Å². The van der Waals surface area contributed by atoms with E-state index in [2.05, 4.69) is 5.32 Å². The maximum Gasteiger partial charge on any atom is 0.119 e. The molecule has 4 aromatic rings. The number of fused-ring (bicyclic) bond motifs is 1. The number of rotatable bonds is 9. The van der Waals surface area contributed by atoms with Gasteiger partial charge in [0.25, 0.3) is 0 Å². The molecule has 0 amide bonds. The predicted molar refractivity (Wildman–Crippen MR) is 134 cm³/mol. The molecule has 0 aliphatic carbocycles. The summed E-state index contributed by atoms with van der Waals surface area (Å²) in [6, 6.07) is 22.2. The molecule has 0 bridgehead atoms. The van der Waals surface area contributed by atoms with Gasteiger partial charge in [0.2, 0.25) is 0 Å². The van der Waals surface area contributed by atoms with Gasteiger partial charge in [0.15, 0.2) is 0 Å². The van der Waals surface area contributed by atoms with Crippen molar-refractivity contribution >= 4 is 16.9 Å². The number of hydrogen-bond acceptors (Lipinski definition) is 4. The first kappa shape index (κ1) is 23.6. The lowest BCUT2D eigenvalue weighted by atomic mass is 10.1. The molecule has 1 heterocycles. The van der Waals surface area contributed by atoms with Crippen molar-refractivity contribution < 1.29 is 14.6 Å². The molecule has 0 radical (unpaired) electrons. The van der Waals surface area contributed by atoms with Crippen LogP contribution < -0.4 is 15.2 Å². The molecule has 1 aromatic heterocycles. The van der Waals surface area contributed by atoms with Crippen LogP contribution in [0, 0.1) is 13.8 Å². The molecule has 0 aliphatic heterocycles. The molecule has 5 nitrogen and oxygen atoms in total. The van der Waals surface area contributed by atoms with Gasteiger partial charge in [-0.1, -0.05) is 54.1 Å². The van der Waals surface area contributed by atoms with Gasteiger partial charge in [-0.3, -0.25) is 0 Å². The average molecular weight is 456 g/mol. The molecular weight excluding hydrogens is 424 g/mol. The Morgan fingerprint density at radius 3 is 2.21 bits per heavy atom. The summed E-state index contributed by atoms with van der Waals surface area (Å²) >= 11 is 0. The van der Waals surface area contributed by atoms with Crippen molar-refractivity contribution in [3.63, 3.8) is 0 Å². The van der Waals surface area contributed by atoms with Crippen LogP contribution in [-0.2, 0) is 19.6 Å². The van der Waals surface area contributed by atoms with E-state index in [1.165, 1.54) is 5.56 Å². The largest absolute Gasteiger partial charge is 0.543 e. The summed E-state index contributed by atoms with van der Waals surface area (Å²) in [5, 5.41) is 16.7. The lowest BCUT2D eigenvalue weighted by molar-refractivity contribution is -0.255. The maximum absolute atomic E-state index is 12.3. The first-order chi connectivity index (χ1) is 16.3. The SMILES string of the molecule is Cc1ccc(Cn2c(C(=O)[O-])c(CNCc3ccc(OC(C)C)cc3)c3ccc(C)cc32)cc1. The minimum Gasteiger partial charge on any atom is -0.543 e. The van der Waals surface area contributed by atoms with E-state index in [-0.39, 0.29) is 11.8 Å². The van der Waals surface area contributed by atoms with Crippen LogP contribution in [0.3, 0.4) is 0 Å². The topological polar surface area (TPSA) is 66.3 Å². The molecule has 0 spiro atoms. The van der Waals surface area contributed by atoms with Crippen molar-refractivity contribution in [2.45, 2.75) is 53.4 Å². The Kier molecular flexibility index (Phi) is 7.03. The summed E-state index contributed by atoms with van der Waals surface area (Å²) in [6.45, 7) is 9.58. The number of hydrogen-bond donors (Lipinski definition) is 1. The van der Waals surface area contributed by atoms with Crippen LogP contribution in [0.5, 0.6) is 5.75 Å². The monoisotopic (exact) mass is 455 g/mol. The number of carboxylic acids is 1. The Labute approximate surface area is 201 Å². The fourth-order valence-corrected chi connectivity index (χ4v) is 4.27. The second-order valence-corrected chi connectivity index (χ2v) is 9.12. The van der Waals surface area contributed by atoms with Gasteiger partial charge >= 0.3 is 0 Å². The molecular formula is C29H31N2O3-. The lowest BCUT2D eigenvalue weighted by Gasteiger charge is -2.14. The van der Waals surface area contributed by atoms with Crippen LogP contribution in [-0.4, -0.2) is 16.6 Å². The third kappa shape index (κ3) is 5.32. The van der Waals surface area contributed by atoms with Gasteiger partial charge < -0.3 is 24.5 Å². The Balaban J connectivity index is 1.62. The second-order valence-electron chi connectivity index (χ2n) is 9.12. The van der Waals surface area contributed by atoms with Gasteiger partial charge in [-0.15, -0.1) is 0 Å². The van der Waals surface area contributed by atoms with E-state index in [9.17, 15) is 9.90 Å². The van der Waals surface area contributed by atoms with E-state index >= 15 is 0 Å². The summed E-state index contributed by atoms with van der Waals surface area (Å²) in [6.07, 6.45) is 0.132. The lowest BCUT2D eigenvalue weighted by Crippen LogP contribution is -2.28. The number of carboxylic acid groups (broad SMARTS) is 1. The van der Waals surface area contributed by atoms with Crippen molar-refractivity contribution in [2.75, 3.05) is 0 Å². The summed E-state index contributed by atoms with van der Waals surface area (Å²) in [5.74, 6) is -0.319. The van der Waals surface area contributed by atoms with Gasteiger partial charge in [-0.25, -0.2) is 0 Å². The molecule has 0 atom stereocenters. The van der Waals surface area contributed by atoms with Crippen LogP contribution in [0.1, 0.15) is 52.2 Å². The molecule has 176 valence electrons. The van der Waals surface area contributed by atoms with Gasteiger partial charge in [-0.2, -0.15) is 0 Å². The Morgan fingerprint density at radius 2 is 1.56 bits per heavy atom. The minimum absolute atomic E-state index is 0.132. The normalized spacial score (nSPS) is 11.3. The number of carbonyl (C=O) groups excluding carboxylic acids is 1. The molecule has 3 aromatic carbocycles. The first-order valence-electron chi connectivity index (χ1n) is 11.7. The van der Waals surface area contributed by atoms with Crippen molar-refractivity contribution in [3.05, 3.63) is 100 Å². The molecule has 0 fully saturated rings. The maximum atomic E-state index is 12.3. The van der Waals surface area contributed by atoms with Crippen molar-refractivity contribution in [1.29, 1.82) is 0 Å². The molecule has 0 saturated carbocycles. The van der Waals surface area contributed by atoms with Crippen molar-refractivity contribution in [1.82, 2.24) is 9.88 Å². The number of carbonyl (C=O) groups is 1. The fraction of sp³-hybridized carbons (Fsp3) is 0.276. The highest BCUT2D eigenvalue weighted by atomic mass is 16.5. The average Bonchev–Trinajstić information content (AvgIpc) is 3.09. The molecule has 0 unspecified atom stereocenters. The van der Waals surface area contributed by atoms with Crippen molar-refractivity contribution in [3.8, 4) is 5.75 Å². The fourth-order valence-electron chi connectivity index (χ4n) is 4.27. The van der Waals surface area contributed by atoms with E-state index in [4.69, 9.17) is 4.74 Å². The quantitative estimate of drug-likeness (QED) is 0.396. The molecule has 34 heavy (non-hydrogen) atoms. The van der Waals surface area contributed by atoms with Crippen molar-refractivity contribution in [2.24, 2.45) is 0 Å². The van der Waals surface area contributed by atoms with Crippen LogP contribution in [0.2, 0.25) is 0 Å². The van der Waals surface area contributed by atoms with Gasteiger partial charge in [-0.05, 0) is 62.6 Å². The zero-order valence-electron chi connectivity index (χ0n) is 20.2. The molecule has 5 heteroatoms. The van der Waals surface area contributed by atoms with E-state index in [0.717, 1.165) is 38.9 Å². The van der Waals surface area contributed by atoms with Gasteiger partial charge in [0.1, 0.15) is 5.75 Å². The first-order valence-corrected chi connectivity index (χ1v) is 11.7. The third-order valence-corrected chi connectivity index (χ3v) is 5.91. The number of benzene rings is 3. The summed E-state index contributed by atoms with van der Waals surface area (Å²) in [5.41, 5.74) is 6.30. The summed E-state index contributed by atoms with van der Waals surface area (Å²) in [4.78, 5) is 12.3. The number of aromatic nitrogens is 1. The Bertz CT molecular complexity index is 1290. The Morgan fingerprint density at radius 1 is 0.912 bits per heavy atom. The van der Waals surface area contributed by atoms with Gasteiger partial charge in [0, 0.05) is 36.1 Å². The summed E-state index contributed by atoms with van der Waals surface area (Å²) in [7, 11) is 0. The minimum atomic E-state index is -1.16. The highest BCUT2D eigenvalue weighted by Gasteiger charge is 2.18. The van der Waals surface area contributed by atoms with Crippen LogP contribution in [0.25, 0.3) is 10.9 Å². The van der Waals surface area contributed by atoms with E-state index < -0.39 is 5.97 Å². The molecule has 0 aliphatic rings. The van der Waals surface area contributed by atoms with E-state index in [1.54, 1.807) is 0 Å². The zero-order chi connectivity index (χ0) is 24.2.